The van der Waals surface area contributed by atoms with Crippen molar-refractivity contribution in [3.8, 4) is 0 Å². The van der Waals surface area contributed by atoms with Gasteiger partial charge in [-0.15, -0.1) is 11.8 Å². The lowest BCUT2D eigenvalue weighted by Gasteiger charge is -2.31. The topological polar surface area (TPSA) is 52.9 Å². The lowest BCUT2D eigenvalue weighted by Crippen LogP contribution is -2.44. The summed E-state index contributed by atoms with van der Waals surface area (Å²) in [5.41, 5.74) is 2.35. The molecule has 0 unspecified atom stereocenters. The van der Waals surface area contributed by atoms with E-state index >= 15 is 0 Å². The van der Waals surface area contributed by atoms with Gasteiger partial charge < -0.3 is 5.11 Å². The molecule has 0 spiro atoms. The molecule has 3 rings (SSSR count). The maximum absolute atomic E-state index is 12.7. The molecular formula is C20H22N2O2S. The zero-order chi connectivity index (χ0) is 17.9. The lowest BCUT2D eigenvalue weighted by atomic mass is 9.97. The minimum atomic E-state index is -1.39. The van der Waals surface area contributed by atoms with Crippen molar-refractivity contribution in [3.05, 3.63) is 71.3 Å². The van der Waals surface area contributed by atoms with Crippen molar-refractivity contribution >= 4 is 23.4 Å². The number of carbonyl (C=O) groups is 1. The Morgan fingerprint density at radius 2 is 1.84 bits per heavy atom. The lowest BCUT2D eigenvalue weighted by molar-refractivity contribution is -0.154. The molecule has 4 nitrogen and oxygen atoms in total. The maximum Gasteiger partial charge on any atom is 0.255 e. The second-order valence-electron chi connectivity index (χ2n) is 6.38. The van der Waals surface area contributed by atoms with Crippen LogP contribution in [-0.2, 0) is 16.3 Å². The number of hydrazone groups is 1. The highest BCUT2D eigenvalue weighted by Crippen LogP contribution is 2.35. The fraction of sp³-hybridized carbons (Fsp3) is 0.300. The van der Waals surface area contributed by atoms with Crippen molar-refractivity contribution in [2.45, 2.75) is 31.7 Å². The zero-order valence-electron chi connectivity index (χ0n) is 14.5. The van der Waals surface area contributed by atoms with Crippen molar-refractivity contribution in [2.24, 2.45) is 5.10 Å². The Morgan fingerprint density at radius 3 is 2.52 bits per heavy atom. The summed E-state index contributed by atoms with van der Waals surface area (Å²) in [6, 6.07) is 17.6. The summed E-state index contributed by atoms with van der Waals surface area (Å²) < 4.78 is 0. The molecule has 1 aliphatic heterocycles. The van der Waals surface area contributed by atoms with Crippen LogP contribution in [0.4, 0.5) is 0 Å². The number of hydrogen-bond donors (Lipinski definition) is 1. The SMILES string of the molecule is CC1=NN(C(=O)CSCc2ccccc2)[C@@](O)(c2ccc(C)cc2)C1. The van der Waals surface area contributed by atoms with E-state index in [1.165, 1.54) is 22.3 Å². The van der Waals surface area contributed by atoms with Gasteiger partial charge in [0.25, 0.3) is 5.91 Å². The number of carbonyl (C=O) groups excluding carboxylic acids is 1. The van der Waals surface area contributed by atoms with Gasteiger partial charge in [0.1, 0.15) is 0 Å². The number of aryl methyl sites for hydroxylation is 1. The van der Waals surface area contributed by atoms with Crippen molar-refractivity contribution in [2.75, 3.05) is 5.75 Å². The van der Waals surface area contributed by atoms with Crippen LogP contribution in [0.15, 0.2) is 59.7 Å². The highest BCUT2D eigenvalue weighted by atomic mass is 32.2. The normalized spacial score (nSPS) is 19.8. The Kier molecular flexibility index (Phi) is 5.25. The van der Waals surface area contributed by atoms with Crippen molar-refractivity contribution < 1.29 is 9.90 Å². The van der Waals surface area contributed by atoms with E-state index in [9.17, 15) is 9.90 Å². The molecule has 1 aliphatic rings. The second-order valence-corrected chi connectivity index (χ2v) is 7.36. The summed E-state index contributed by atoms with van der Waals surface area (Å²) in [7, 11) is 0. The first-order valence-electron chi connectivity index (χ1n) is 8.27. The van der Waals surface area contributed by atoms with Crippen LogP contribution < -0.4 is 0 Å². The summed E-state index contributed by atoms with van der Waals surface area (Å²) in [5.74, 6) is 0.854. The number of aliphatic hydroxyl groups is 1. The van der Waals surface area contributed by atoms with Gasteiger partial charge in [0.15, 0.2) is 5.72 Å². The van der Waals surface area contributed by atoms with Gasteiger partial charge in [0.05, 0.1) is 5.75 Å². The van der Waals surface area contributed by atoms with Crippen LogP contribution in [0, 0.1) is 6.92 Å². The number of amides is 1. The Labute approximate surface area is 152 Å². The van der Waals surface area contributed by atoms with Gasteiger partial charge in [-0.05, 0) is 19.4 Å². The van der Waals surface area contributed by atoms with E-state index in [1.54, 1.807) is 0 Å². The minimum Gasteiger partial charge on any atom is -0.365 e. The van der Waals surface area contributed by atoms with E-state index in [4.69, 9.17) is 0 Å². The predicted molar refractivity (Wildman–Crippen MR) is 102 cm³/mol. The second kappa shape index (κ2) is 7.42. The quantitative estimate of drug-likeness (QED) is 0.891. The van der Waals surface area contributed by atoms with Gasteiger partial charge >= 0.3 is 0 Å². The summed E-state index contributed by atoms with van der Waals surface area (Å²) in [6.45, 7) is 3.83. The van der Waals surface area contributed by atoms with Crippen LogP contribution in [0.1, 0.15) is 30.0 Å². The van der Waals surface area contributed by atoms with E-state index in [2.05, 4.69) is 5.10 Å². The van der Waals surface area contributed by atoms with E-state index in [0.717, 1.165) is 17.0 Å². The predicted octanol–water partition coefficient (Wildman–Crippen LogP) is 3.68. The molecule has 2 aromatic rings. The van der Waals surface area contributed by atoms with Crippen LogP contribution in [0.5, 0.6) is 0 Å². The smallest absolute Gasteiger partial charge is 0.255 e. The largest absolute Gasteiger partial charge is 0.365 e. The van der Waals surface area contributed by atoms with Crippen molar-refractivity contribution in [1.82, 2.24) is 5.01 Å². The van der Waals surface area contributed by atoms with E-state index in [1.807, 2.05) is 68.4 Å². The molecule has 0 aromatic heterocycles. The fourth-order valence-electron chi connectivity index (χ4n) is 2.92. The molecule has 1 N–H and O–H groups in total. The first-order valence-corrected chi connectivity index (χ1v) is 9.43. The number of benzene rings is 2. The highest BCUT2D eigenvalue weighted by Gasteiger charge is 2.44. The van der Waals surface area contributed by atoms with E-state index in [0.29, 0.717) is 12.0 Å². The average molecular weight is 354 g/mol. The number of hydrogen-bond acceptors (Lipinski definition) is 4. The molecule has 2 aromatic carbocycles. The third-order valence-electron chi connectivity index (χ3n) is 4.21. The van der Waals surface area contributed by atoms with Crippen molar-refractivity contribution in [3.63, 3.8) is 0 Å². The van der Waals surface area contributed by atoms with E-state index in [-0.39, 0.29) is 11.7 Å². The molecule has 0 saturated heterocycles. The van der Waals surface area contributed by atoms with Gasteiger partial charge in [-0.1, -0.05) is 60.2 Å². The van der Waals surface area contributed by atoms with Crippen LogP contribution in [0.2, 0.25) is 0 Å². The van der Waals surface area contributed by atoms with Crippen LogP contribution in [0.3, 0.4) is 0 Å². The highest BCUT2D eigenvalue weighted by molar-refractivity contribution is 7.99. The third-order valence-corrected chi connectivity index (χ3v) is 5.20. The summed E-state index contributed by atoms with van der Waals surface area (Å²) in [5, 5.41) is 16.7. The molecule has 1 amide bonds. The monoisotopic (exact) mass is 354 g/mol. The third kappa shape index (κ3) is 3.94. The number of rotatable bonds is 5. The first-order chi connectivity index (χ1) is 12.0. The van der Waals surface area contributed by atoms with Gasteiger partial charge in [-0.2, -0.15) is 10.1 Å². The Morgan fingerprint density at radius 1 is 1.16 bits per heavy atom. The van der Waals surface area contributed by atoms with Crippen LogP contribution in [0.25, 0.3) is 0 Å². The van der Waals surface area contributed by atoms with Gasteiger partial charge in [-0.3, -0.25) is 4.79 Å². The van der Waals surface area contributed by atoms with Gasteiger partial charge in [0, 0.05) is 23.4 Å². The Balaban J connectivity index is 1.69. The first kappa shape index (κ1) is 17.7. The molecule has 0 fully saturated rings. The average Bonchev–Trinajstić information content (AvgIpc) is 2.92. The molecule has 0 aliphatic carbocycles. The van der Waals surface area contributed by atoms with Gasteiger partial charge in [0.2, 0.25) is 0 Å². The number of thioether (sulfide) groups is 1. The molecular weight excluding hydrogens is 332 g/mol. The maximum atomic E-state index is 12.7. The van der Waals surface area contributed by atoms with Gasteiger partial charge in [-0.25, -0.2) is 0 Å². The number of nitrogens with zero attached hydrogens (tertiary/aromatic N) is 2. The molecule has 0 radical (unpaired) electrons. The summed E-state index contributed by atoms with van der Waals surface area (Å²) in [4.78, 5) is 12.7. The molecule has 25 heavy (non-hydrogen) atoms. The van der Waals surface area contributed by atoms with E-state index < -0.39 is 5.72 Å². The Bertz CT molecular complexity index is 774. The minimum absolute atomic E-state index is 0.180. The fourth-order valence-corrected chi connectivity index (χ4v) is 3.75. The zero-order valence-corrected chi connectivity index (χ0v) is 15.3. The molecule has 1 heterocycles. The standard InChI is InChI=1S/C20H22N2O2S/c1-15-8-10-18(11-9-15)20(24)12-16(2)21-22(20)19(23)14-25-13-17-6-4-3-5-7-17/h3-11,24H,12-14H2,1-2H3/t20-/m0/s1. The van der Waals surface area contributed by atoms with Crippen molar-refractivity contribution in [1.29, 1.82) is 0 Å². The summed E-state index contributed by atoms with van der Waals surface area (Å²) >= 11 is 1.53. The molecule has 5 heteroatoms. The molecule has 1 atom stereocenters. The molecule has 130 valence electrons. The van der Waals surface area contributed by atoms with Crippen LogP contribution >= 0.6 is 11.8 Å². The van der Waals surface area contributed by atoms with Crippen LogP contribution in [-0.4, -0.2) is 27.5 Å². The Hall–Kier alpha value is -2.11. The molecule has 0 bridgehead atoms. The molecule has 0 saturated carbocycles. The summed E-state index contributed by atoms with van der Waals surface area (Å²) in [6.07, 6.45) is 0.338.